The van der Waals surface area contributed by atoms with Crippen molar-refractivity contribution in [2.24, 2.45) is 7.05 Å². The van der Waals surface area contributed by atoms with Crippen molar-refractivity contribution in [2.45, 2.75) is 12.5 Å². The first-order chi connectivity index (χ1) is 12.5. The monoisotopic (exact) mass is 385 g/mol. The van der Waals surface area contributed by atoms with Crippen LogP contribution >= 0.6 is 23.2 Å². The molecule has 0 fully saturated rings. The van der Waals surface area contributed by atoms with E-state index in [-0.39, 0.29) is 11.8 Å². The van der Waals surface area contributed by atoms with Gasteiger partial charge in [0, 0.05) is 37.8 Å². The number of aromatic nitrogens is 2. The summed E-state index contributed by atoms with van der Waals surface area (Å²) in [5, 5.41) is 5.13. The van der Waals surface area contributed by atoms with Crippen LogP contribution in [0.2, 0.25) is 10.0 Å². The lowest BCUT2D eigenvalue weighted by Gasteiger charge is -2.34. The molecular weight excluding hydrogens is 369 g/mol. The van der Waals surface area contributed by atoms with E-state index in [0.29, 0.717) is 28.7 Å². The summed E-state index contributed by atoms with van der Waals surface area (Å²) in [6, 6.07) is 13.3. The number of rotatable bonds is 2. The minimum absolute atomic E-state index is 0.0491. The van der Waals surface area contributed by atoms with Gasteiger partial charge in [0.1, 0.15) is 0 Å². The maximum Gasteiger partial charge on any atom is 0.254 e. The Kier molecular flexibility index (Phi) is 4.47. The quantitative estimate of drug-likeness (QED) is 0.650. The SMILES string of the molecule is Cn1cc(C2CN(C(=O)c3ccc(Cl)c(Cl)c3)Cc3ccccc32)cn1. The third-order valence-corrected chi connectivity index (χ3v) is 5.51. The Morgan fingerprint density at radius 3 is 2.69 bits per heavy atom. The molecule has 1 aliphatic rings. The molecule has 1 amide bonds. The zero-order valence-corrected chi connectivity index (χ0v) is 15.7. The number of amides is 1. The van der Waals surface area contributed by atoms with Crippen LogP contribution in [0.1, 0.15) is 33.0 Å². The third kappa shape index (κ3) is 3.11. The number of hydrogen-bond acceptors (Lipinski definition) is 2. The highest BCUT2D eigenvalue weighted by atomic mass is 35.5. The fourth-order valence-corrected chi connectivity index (χ4v) is 3.78. The zero-order chi connectivity index (χ0) is 18.3. The summed E-state index contributed by atoms with van der Waals surface area (Å²) in [7, 11) is 1.90. The molecule has 0 aliphatic carbocycles. The van der Waals surface area contributed by atoms with Gasteiger partial charge >= 0.3 is 0 Å². The summed E-state index contributed by atoms with van der Waals surface area (Å²) in [6.45, 7) is 1.17. The predicted molar refractivity (Wildman–Crippen MR) is 103 cm³/mol. The zero-order valence-electron chi connectivity index (χ0n) is 14.2. The maximum atomic E-state index is 13.1. The van der Waals surface area contributed by atoms with Gasteiger partial charge in [-0.25, -0.2) is 0 Å². The third-order valence-electron chi connectivity index (χ3n) is 4.78. The summed E-state index contributed by atoms with van der Waals surface area (Å²) in [5.74, 6) is 0.0485. The van der Waals surface area contributed by atoms with E-state index in [2.05, 4.69) is 17.2 Å². The number of carbonyl (C=O) groups is 1. The molecule has 6 heteroatoms. The Morgan fingerprint density at radius 2 is 1.96 bits per heavy atom. The van der Waals surface area contributed by atoms with Crippen molar-refractivity contribution in [3.63, 3.8) is 0 Å². The lowest BCUT2D eigenvalue weighted by molar-refractivity contribution is 0.0725. The molecule has 132 valence electrons. The van der Waals surface area contributed by atoms with Crippen molar-refractivity contribution in [2.75, 3.05) is 6.54 Å². The van der Waals surface area contributed by atoms with Crippen LogP contribution < -0.4 is 0 Å². The van der Waals surface area contributed by atoms with Crippen molar-refractivity contribution in [1.29, 1.82) is 0 Å². The Balaban J connectivity index is 1.70. The normalized spacial score (nSPS) is 16.4. The van der Waals surface area contributed by atoms with Gasteiger partial charge in [-0.05, 0) is 34.9 Å². The van der Waals surface area contributed by atoms with E-state index >= 15 is 0 Å². The lowest BCUT2D eigenvalue weighted by atomic mass is 9.86. The van der Waals surface area contributed by atoms with E-state index in [1.165, 1.54) is 5.56 Å². The fraction of sp³-hybridized carbons (Fsp3) is 0.200. The fourth-order valence-electron chi connectivity index (χ4n) is 3.48. The smallest absolute Gasteiger partial charge is 0.254 e. The van der Waals surface area contributed by atoms with Crippen LogP contribution in [0.25, 0.3) is 0 Å². The van der Waals surface area contributed by atoms with Gasteiger partial charge in [-0.2, -0.15) is 5.10 Å². The molecule has 0 N–H and O–H groups in total. The molecule has 0 saturated heterocycles. The van der Waals surface area contributed by atoms with Gasteiger partial charge in [-0.1, -0.05) is 47.5 Å². The average Bonchev–Trinajstić information content (AvgIpc) is 3.08. The number of fused-ring (bicyclic) bond motifs is 1. The molecule has 26 heavy (non-hydrogen) atoms. The van der Waals surface area contributed by atoms with Crippen molar-refractivity contribution in [3.05, 3.63) is 87.2 Å². The number of aryl methyl sites for hydroxylation is 1. The number of hydrogen-bond donors (Lipinski definition) is 0. The molecule has 4 rings (SSSR count). The van der Waals surface area contributed by atoms with Gasteiger partial charge in [-0.15, -0.1) is 0 Å². The molecule has 1 atom stereocenters. The van der Waals surface area contributed by atoms with E-state index in [1.54, 1.807) is 22.9 Å². The molecule has 0 saturated carbocycles. The predicted octanol–water partition coefficient (Wildman–Crippen LogP) is 4.51. The van der Waals surface area contributed by atoms with Crippen molar-refractivity contribution >= 4 is 29.1 Å². The Labute approximate surface area is 161 Å². The standard InChI is InChI=1S/C20H17Cl2N3O/c1-24-10-15(9-23-24)17-12-25(11-14-4-2-3-5-16(14)17)20(26)13-6-7-18(21)19(22)8-13/h2-10,17H,11-12H2,1H3. The molecule has 1 aromatic heterocycles. The highest BCUT2D eigenvalue weighted by Crippen LogP contribution is 2.34. The molecule has 2 heterocycles. The van der Waals surface area contributed by atoms with E-state index in [0.717, 1.165) is 11.1 Å². The van der Waals surface area contributed by atoms with E-state index in [4.69, 9.17) is 23.2 Å². The molecule has 4 nitrogen and oxygen atoms in total. The molecule has 0 spiro atoms. The van der Waals surface area contributed by atoms with E-state index < -0.39 is 0 Å². The number of carbonyl (C=O) groups excluding carboxylic acids is 1. The first kappa shape index (κ1) is 17.1. The van der Waals surface area contributed by atoms with Gasteiger partial charge < -0.3 is 4.90 Å². The Hall–Kier alpha value is -2.30. The Morgan fingerprint density at radius 1 is 1.15 bits per heavy atom. The molecule has 1 unspecified atom stereocenters. The van der Waals surface area contributed by atoms with Crippen LogP contribution in [0.4, 0.5) is 0 Å². The molecule has 3 aromatic rings. The number of benzene rings is 2. The largest absolute Gasteiger partial charge is 0.333 e. The van der Waals surface area contributed by atoms with Gasteiger partial charge in [0.05, 0.1) is 16.2 Å². The first-order valence-corrected chi connectivity index (χ1v) is 9.09. The van der Waals surface area contributed by atoms with E-state index in [9.17, 15) is 4.79 Å². The minimum atomic E-state index is -0.0491. The second-order valence-corrected chi connectivity index (χ2v) is 7.33. The summed E-state index contributed by atoms with van der Waals surface area (Å²) in [6.07, 6.45) is 3.88. The number of nitrogens with zero attached hydrogens (tertiary/aromatic N) is 3. The van der Waals surface area contributed by atoms with Gasteiger partial charge in [-0.3, -0.25) is 9.48 Å². The van der Waals surface area contributed by atoms with E-state index in [1.807, 2.05) is 36.5 Å². The summed E-state index contributed by atoms with van der Waals surface area (Å²) in [4.78, 5) is 14.9. The van der Waals surface area contributed by atoms with Crippen molar-refractivity contribution < 1.29 is 4.79 Å². The first-order valence-electron chi connectivity index (χ1n) is 8.33. The van der Waals surface area contributed by atoms with Crippen LogP contribution in [-0.4, -0.2) is 27.1 Å². The van der Waals surface area contributed by atoms with Gasteiger partial charge in [0.25, 0.3) is 5.91 Å². The van der Waals surface area contributed by atoms with Crippen LogP contribution in [0.15, 0.2) is 54.9 Å². The highest BCUT2D eigenvalue weighted by molar-refractivity contribution is 6.42. The summed E-state index contributed by atoms with van der Waals surface area (Å²) >= 11 is 12.1. The average molecular weight is 386 g/mol. The summed E-state index contributed by atoms with van der Waals surface area (Å²) < 4.78 is 1.79. The van der Waals surface area contributed by atoms with Gasteiger partial charge in [0.15, 0.2) is 0 Å². The van der Waals surface area contributed by atoms with Crippen LogP contribution in [0.3, 0.4) is 0 Å². The van der Waals surface area contributed by atoms with Crippen molar-refractivity contribution in [3.8, 4) is 0 Å². The molecular formula is C20H17Cl2N3O. The van der Waals surface area contributed by atoms with Crippen LogP contribution in [0, 0.1) is 0 Å². The molecule has 1 aliphatic heterocycles. The second-order valence-electron chi connectivity index (χ2n) is 6.51. The highest BCUT2D eigenvalue weighted by Gasteiger charge is 2.30. The number of halogens is 2. The molecule has 0 radical (unpaired) electrons. The molecule has 2 aromatic carbocycles. The van der Waals surface area contributed by atoms with Crippen LogP contribution in [0.5, 0.6) is 0 Å². The van der Waals surface area contributed by atoms with Crippen LogP contribution in [-0.2, 0) is 13.6 Å². The lowest BCUT2D eigenvalue weighted by Crippen LogP contribution is -2.38. The van der Waals surface area contributed by atoms with Crippen molar-refractivity contribution in [1.82, 2.24) is 14.7 Å². The Bertz CT molecular complexity index is 983. The van der Waals surface area contributed by atoms with Gasteiger partial charge in [0.2, 0.25) is 0 Å². The summed E-state index contributed by atoms with van der Waals surface area (Å²) in [5.41, 5.74) is 4.05. The maximum absolute atomic E-state index is 13.1. The minimum Gasteiger partial charge on any atom is -0.333 e. The second kappa shape index (κ2) is 6.78. The topological polar surface area (TPSA) is 38.1 Å². The molecule has 0 bridgehead atoms.